The standard InChI is InChI=1S/C21H17N3O/c1-14-5-7-15(8-6-14)20-17(4-3-11-22-20)16-9-10-19-18(12-16)21(25)24(2)13-23-19/h3-13H,1-2H3. The Labute approximate surface area is 145 Å². The summed E-state index contributed by atoms with van der Waals surface area (Å²) < 4.78 is 1.50. The molecule has 0 N–H and O–H groups in total. The van der Waals surface area contributed by atoms with Gasteiger partial charge in [-0.1, -0.05) is 42.0 Å². The summed E-state index contributed by atoms with van der Waals surface area (Å²) in [4.78, 5) is 21.3. The summed E-state index contributed by atoms with van der Waals surface area (Å²) in [6.45, 7) is 2.06. The molecule has 0 amide bonds. The number of pyridine rings is 1. The molecule has 0 atom stereocenters. The first-order chi connectivity index (χ1) is 12.1. The van der Waals surface area contributed by atoms with Crippen LogP contribution in [0, 0.1) is 6.92 Å². The zero-order valence-corrected chi connectivity index (χ0v) is 14.1. The van der Waals surface area contributed by atoms with E-state index in [9.17, 15) is 4.79 Å². The van der Waals surface area contributed by atoms with E-state index in [-0.39, 0.29) is 5.56 Å². The van der Waals surface area contributed by atoms with Crippen LogP contribution in [0.3, 0.4) is 0 Å². The Hall–Kier alpha value is -3.27. The number of aromatic nitrogens is 3. The van der Waals surface area contributed by atoms with Gasteiger partial charge in [0.1, 0.15) is 0 Å². The Morgan fingerprint density at radius 3 is 2.48 bits per heavy atom. The lowest BCUT2D eigenvalue weighted by Gasteiger charge is -2.10. The summed E-state index contributed by atoms with van der Waals surface area (Å²) >= 11 is 0. The van der Waals surface area contributed by atoms with E-state index in [4.69, 9.17) is 0 Å². The summed E-state index contributed by atoms with van der Waals surface area (Å²) in [5.74, 6) is 0. The van der Waals surface area contributed by atoms with Crippen molar-refractivity contribution in [3.05, 3.63) is 83.0 Å². The molecule has 2 heterocycles. The third kappa shape index (κ3) is 2.72. The molecule has 25 heavy (non-hydrogen) atoms. The molecule has 0 fully saturated rings. The molecule has 122 valence electrons. The molecule has 4 heteroatoms. The van der Waals surface area contributed by atoms with Gasteiger partial charge in [0.2, 0.25) is 0 Å². The van der Waals surface area contributed by atoms with Gasteiger partial charge in [0.15, 0.2) is 0 Å². The number of fused-ring (bicyclic) bond motifs is 1. The summed E-state index contributed by atoms with van der Waals surface area (Å²) in [6.07, 6.45) is 3.34. The maximum absolute atomic E-state index is 12.4. The van der Waals surface area contributed by atoms with Gasteiger partial charge < -0.3 is 4.57 Å². The summed E-state index contributed by atoms with van der Waals surface area (Å²) in [6, 6.07) is 18.0. The van der Waals surface area contributed by atoms with Gasteiger partial charge in [0.25, 0.3) is 5.56 Å². The fourth-order valence-electron chi connectivity index (χ4n) is 2.96. The highest BCUT2D eigenvalue weighted by Gasteiger charge is 2.10. The Balaban J connectivity index is 1.94. The van der Waals surface area contributed by atoms with Crippen LogP contribution >= 0.6 is 0 Å². The number of rotatable bonds is 2. The van der Waals surface area contributed by atoms with Crippen LogP contribution in [-0.2, 0) is 7.05 Å². The van der Waals surface area contributed by atoms with Gasteiger partial charge in [0, 0.05) is 24.4 Å². The molecule has 0 saturated carbocycles. The molecule has 0 aliphatic heterocycles. The highest BCUT2D eigenvalue weighted by molar-refractivity contribution is 5.88. The van der Waals surface area contributed by atoms with Crippen molar-refractivity contribution >= 4 is 10.9 Å². The molecule has 0 spiro atoms. The first-order valence-corrected chi connectivity index (χ1v) is 8.11. The number of benzene rings is 2. The monoisotopic (exact) mass is 327 g/mol. The fourth-order valence-corrected chi connectivity index (χ4v) is 2.96. The SMILES string of the molecule is Cc1ccc(-c2ncccc2-c2ccc3ncn(C)c(=O)c3c2)cc1. The lowest BCUT2D eigenvalue weighted by molar-refractivity contribution is 0.843. The Kier molecular flexibility index (Phi) is 3.65. The van der Waals surface area contributed by atoms with Gasteiger partial charge in [-0.25, -0.2) is 4.98 Å². The summed E-state index contributed by atoms with van der Waals surface area (Å²) in [7, 11) is 1.71. The second-order valence-electron chi connectivity index (χ2n) is 6.16. The highest BCUT2D eigenvalue weighted by Crippen LogP contribution is 2.31. The molecule has 2 aromatic carbocycles. The van der Waals surface area contributed by atoms with Gasteiger partial charge in [-0.3, -0.25) is 9.78 Å². The normalized spacial score (nSPS) is 11.0. The third-order valence-corrected chi connectivity index (χ3v) is 4.36. The molecule has 0 aliphatic rings. The molecular formula is C21H17N3O. The van der Waals surface area contributed by atoms with Gasteiger partial charge in [-0.2, -0.15) is 0 Å². The predicted octanol–water partition coefficient (Wildman–Crippen LogP) is 3.97. The van der Waals surface area contributed by atoms with Gasteiger partial charge >= 0.3 is 0 Å². The van der Waals surface area contributed by atoms with Crippen molar-refractivity contribution in [3.8, 4) is 22.4 Å². The first kappa shape index (κ1) is 15.3. The van der Waals surface area contributed by atoms with Crippen molar-refractivity contribution in [3.63, 3.8) is 0 Å². The molecule has 2 aromatic heterocycles. The van der Waals surface area contributed by atoms with Crippen molar-refractivity contribution in [2.24, 2.45) is 7.05 Å². The molecule has 4 nitrogen and oxygen atoms in total. The second-order valence-corrected chi connectivity index (χ2v) is 6.16. The van der Waals surface area contributed by atoms with E-state index in [0.717, 1.165) is 22.4 Å². The number of hydrogen-bond donors (Lipinski definition) is 0. The lowest BCUT2D eigenvalue weighted by Crippen LogP contribution is -2.16. The highest BCUT2D eigenvalue weighted by atomic mass is 16.1. The minimum absolute atomic E-state index is 0.0485. The Bertz CT molecular complexity index is 1130. The molecule has 0 unspecified atom stereocenters. The topological polar surface area (TPSA) is 47.8 Å². The van der Waals surface area contributed by atoms with Crippen molar-refractivity contribution in [2.45, 2.75) is 6.92 Å². The third-order valence-electron chi connectivity index (χ3n) is 4.36. The van der Waals surface area contributed by atoms with Gasteiger partial charge in [-0.05, 0) is 30.7 Å². The summed E-state index contributed by atoms with van der Waals surface area (Å²) in [5.41, 5.74) is 5.78. The van der Waals surface area contributed by atoms with E-state index in [1.54, 1.807) is 19.6 Å². The number of aryl methyl sites for hydroxylation is 2. The minimum Gasteiger partial charge on any atom is -0.302 e. The quantitative estimate of drug-likeness (QED) is 0.560. The van der Waals surface area contributed by atoms with E-state index in [2.05, 4.69) is 41.2 Å². The minimum atomic E-state index is -0.0485. The maximum Gasteiger partial charge on any atom is 0.260 e. The van der Waals surface area contributed by atoms with Crippen LogP contribution in [0.1, 0.15) is 5.56 Å². The zero-order chi connectivity index (χ0) is 17.4. The van der Waals surface area contributed by atoms with E-state index in [1.165, 1.54) is 10.1 Å². The molecule has 4 aromatic rings. The van der Waals surface area contributed by atoms with Crippen LogP contribution < -0.4 is 5.56 Å². The summed E-state index contributed by atoms with van der Waals surface area (Å²) in [5, 5.41) is 0.612. The second kappa shape index (κ2) is 5.98. The van der Waals surface area contributed by atoms with Crippen LogP contribution in [0.5, 0.6) is 0 Å². The molecule has 0 aliphatic carbocycles. The van der Waals surface area contributed by atoms with Crippen LogP contribution in [0.2, 0.25) is 0 Å². The molecular weight excluding hydrogens is 310 g/mol. The average molecular weight is 327 g/mol. The smallest absolute Gasteiger partial charge is 0.260 e. The maximum atomic E-state index is 12.4. The number of hydrogen-bond acceptors (Lipinski definition) is 3. The van der Waals surface area contributed by atoms with E-state index >= 15 is 0 Å². The molecule has 4 rings (SSSR count). The predicted molar refractivity (Wildman–Crippen MR) is 100 cm³/mol. The van der Waals surface area contributed by atoms with Crippen molar-refractivity contribution < 1.29 is 0 Å². The van der Waals surface area contributed by atoms with Crippen LogP contribution in [-0.4, -0.2) is 14.5 Å². The largest absolute Gasteiger partial charge is 0.302 e. The fraction of sp³-hybridized carbons (Fsp3) is 0.0952. The number of nitrogens with zero attached hydrogens (tertiary/aromatic N) is 3. The average Bonchev–Trinajstić information content (AvgIpc) is 2.65. The van der Waals surface area contributed by atoms with E-state index in [1.807, 2.05) is 30.3 Å². The molecule has 0 saturated heterocycles. The van der Waals surface area contributed by atoms with Crippen molar-refractivity contribution in [2.75, 3.05) is 0 Å². The lowest BCUT2D eigenvalue weighted by atomic mass is 9.98. The van der Waals surface area contributed by atoms with Crippen molar-refractivity contribution in [1.29, 1.82) is 0 Å². The zero-order valence-electron chi connectivity index (χ0n) is 14.1. The van der Waals surface area contributed by atoms with Crippen LogP contribution in [0.25, 0.3) is 33.3 Å². The van der Waals surface area contributed by atoms with Gasteiger partial charge in [-0.15, -0.1) is 0 Å². The van der Waals surface area contributed by atoms with Crippen LogP contribution in [0.15, 0.2) is 71.9 Å². The van der Waals surface area contributed by atoms with Crippen LogP contribution in [0.4, 0.5) is 0 Å². The Morgan fingerprint density at radius 2 is 1.68 bits per heavy atom. The van der Waals surface area contributed by atoms with Crippen molar-refractivity contribution in [1.82, 2.24) is 14.5 Å². The molecule has 0 bridgehead atoms. The van der Waals surface area contributed by atoms with E-state index in [0.29, 0.717) is 10.9 Å². The molecule has 0 radical (unpaired) electrons. The Morgan fingerprint density at radius 1 is 0.920 bits per heavy atom. The first-order valence-electron chi connectivity index (χ1n) is 8.11. The van der Waals surface area contributed by atoms with Gasteiger partial charge in [0.05, 0.1) is 22.9 Å². The van der Waals surface area contributed by atoms with E-state index < -0.39 is 0 Å².